The van der Waals surface area contributed by atoms with E-state index in [0.29, 0.717) is 44.2 Å². The number of nitrogens with zero attached hydrogens (tertiary/aromatic N) is 2. The third-order valence-electron chi connectivity index (χ3n) is 5.31. The topological polar surface area (TPSA) is 62.2 Å². The van der Waals surface area contributed by atoms with Crippen LogP contribution in [-0.2, 0) is 11.2 Å². The van der Waals surface area contributed by atoms with Crippen LogP contribution in [0.15, 0.2) is 42.4 Å². The summed E-state index contributed by atoms with van der Waals surface area (Å²) in [6.07, 6.45) is -1.05. The Kier molecular flexibility index (Phi) is 5.60. The molecule has 1 heterocycles. The number of Topliss-reactive ketones (excluding diaryl/α,β-unsaturated/α-hetero) is 1. The highest BCUT2D eigenvalue weighted by molar-refractivity contribution is 5.83. The summed E-state index contributed by atoms with van der Waals surface area (Å²) in [6.45, 7) is -2.36. The molecule has 2 aromatic carbocycles. The van der Waals surface area contributed by atoms with E-state index in [4.69, 9.17) is 19.1 Å². The standard InChI is InChI=1S/C25H34N2O4/c1-19-7-6-8-20(2)23(19)15-21(28)16-26-11-13-27(14-12-26)17-22(29)18-31-25-10-5-4-9-24(25)30-3/h4-10,22,29H,11-18H2,1-3H3/i1D3,2D3,6D. The van der Waals surface area contributed by atoms with Gasteiger partial charge in [0, 0.05) is 47.4 Å². The quantitative estimate of drug-likeness (QED) is 0.621. The second-order valence-corrected chi connectivity index (χ2v) is 7.67. The van der Waals surface area contributed by atoms with E-state index in [1.165, 1.54) is 0 Å². The van der Waals surface area contributed by atoms with E-state index in [0.717, 1.165) is 12.1 Å². The summed E-state index contributed by atoms with van der Waals surface area (Å²) in [5, 5.41) is 10.4. The van der Waals surface area contributed by atoms with Crippen LogP contribution in [-0.4, -0.2) is 79.8 Å². The average Bonchev–Trinajstić information content (AvgIpc) is 2.83. The van der Waals surface area contributed by atoms with Crippen molar-refractivity contribution in [3.8, 4) is 11.5 Å². The van der Waals surface area contributed by atoms with Crippen LogP contribution in [0, 0.1) is 13.7 Å². The number of piperazine rings is 1. The normalized spacial score (nSPS) is 20.3. The molecule has 3 rings (SSSR count). The molecule has 1 N–H and O–H groups in total. The van der Waals surface area contributed by atoms with Crippen molar-refractivity contribution in [1.82, 2.24) is 9.80 Å². The van der Waals surface area contributed by atoms with Crippen LogP contribution in [0.3, 0.4) is 0 Å². The zero-order valence-corrected chi connectivity index (χ0v) is 17.8. The summed E-state index contributed by atoms with van der Waals surface area (Å²) in [7, 11) is 1.55. The van der Waals surface area contributed by atoms with E-state index in [9.17, 15) is 9.90 Å². The highest BCUT2D eigenvalue weighted by Crippen LogP contribution is 2.25. The predicted octanol–water partition coefficient (Wildman–Crippen LogP) is 2.48. The molecule has 31 heavy (non-hydrogen) atoms. The molecule has 2 aromatic rings. The number of methoxy groups -OCH3 is 1. The van der Waals surface area contributed by atoms with Gasteiger partial charge in [-0.2, -0.15) is 0 Å². The van der Waals surface area contributed by atoms with Crippen molar-refractivity contribution in [2.75, 3.05) is 53.0 Å². The van der Waals surface area contributed by atoms with Crippen LogP contribution in [0.25, 0.3) is 0 Å². The lowest BCUT2D eigenvalue weighted by atomic mass is 9.98. The van der Waals surface area contributed by atoms with Gasteiger partial charge in [0.1, 0.15) is 12.7 Å². The Morgan fingerprint density at radius 3 is 2.39 bits per heavy atom. The number of ketones is 1. The van der Waals surface area contributed by atoms with Gasteiger partial charge in [0.25, 0.3) is 0 Å². The Labute approximate surface area is 195 Å². The fourth-order valence-corrected chi connectivity index (χ4v) is 3.63. The number of hydrogen-bond acceptors (Lipinski definition) is 6. The summed E-state index contributed by atoms with van der Waals surface area (Å²) in [4.78, 5) is 16.9. The van der Waals surface area contributed by atoms with Crippen LogP contribution < -0.4 is 9.47 Å². The number of aryl methyl sites for hydroxylation is 2. The molecule has 0 saturated carbocycles. The number of aliphatic hydroxyl groups excluding tert-OH is 1. The summed E-state index contributed by atoms with van der Waals surface area (Å²) in [5.41, 5.74) is -0.569. The molecule has 6 nitrogen and oxygen atoms in total. The first-order valence-electron chi connectivity index (χ1n) is 13.8. The molecule has 1 aliphatic heterocycles. The minimum absolute atomic E-state index is 0.0391. The Morgan fingerprint density at radius 2 is 1.74 bits per heavy atom. The zero-order chi connectivity index (χ0) is 28.1. The average molecular weight is 434 g/mol. The maximum absolute atomic E-state index is 12.9. The van der Waals surface area contributed by atoms with Crippen LogP contribution in [0.4, 0.5) is 0 Å². The van der Waals surface area contributed by atoms with Crippen molar-refractivity contribution < 1.29 is 29.0 Å². The van der Waals surface area contributed by atoms with Crippen molar-refractivity contribution in [1.29, 1.82) is 0 Å². The number of β-amino-alcohol motifs (C(OH)–C–C–N with tert-alkyl or cyclic N) is 1. The minimum atomic E-state index is -2.64. The van der Waals surface area contributed by atoms with Crippen LogP contribution in [0.5, 0.6) is 11.5 Å². The van der Waals surface area contributed by atoms with Crippen LogP contribution >= 0.6 is 0 Å². The summed E-state index contributed by atoms with van der Waals surface area (Å²) in [6, 6.07) is 9.22. The van der Waals surface area contributed by atoms with Gasteiger partial charge in [-0.15, -0.1) is 0 Å². The molecule has 1 aliphatic rings. The maximum atomic E-state index is 12.9. The van der Waals surface area contributed by atoms with Crippen LogP contribution in [0.1, 0.15) is 26.3 Å². The van der Waals surface area contributed by atoms with Crippen molar-refractivity contribution in [2.24, 2.45) is 0 Å². The molecule has 0 bridgehead atoms. The molecule has 0 amide bonds. The first-order valence-corrected chi connectivity index (χ1v) is 10.3. The lowest BCUT2D eigenvalue weighted by Crippen LogP contribution is -2.50. The zero-order valence-electron chi connectivity index (χ0n) is 24.8. The number of carbonyl (C=O) groups is 1. The monoisotopic (exact) mass is 433 g/mol. The third-order valence-corrected chi connectivity index (χ3v) is 5.31. The number of hydrogen-bond donors (Lipinski definition) is 1. The Bertz CT molecular complexity index is 1060. The van der Waals surface area contributed by atoms with E-state index in [-0.39, 0.29) is 48.1 Å². The van der Waals surface area contributed by atoms with E-state index in [2.05, 4.69) is 4.90 Å². The van der Waals surface area contributed by atoms with Gasteiger partial charge in [-0.1, -0.05) is 30.3 Å². The van der Waals surface area contributed by atoms with Crippen molar-refractivity contribution in [2.45, 2.75) is 26.2 Å². The summed E-state index contributed by atoms with van der Waals surface area (Å²) >= 11 is 0. The van der Waals surface area contributed by atoms with Crippen molar-refractivity contribution >= 4 is 5.78 Å². The van der Waals surface area contributed by atoms with E-state index < -0.39 is 19.8 Å². The molecule has 0 spiro atoms. The van der Waals surface area contributed by atoms with Crippen molar-refractivity contribution in [3.63, 3.8) is 0 Å². The predicted molar refractivity (Wildman–Crippen MR) is 122 cm³/mol. The molecule has 0 aliphatic carbocycles. The highest BCUT2D eigenvalue weighted by atomic mass is 16.5. The van der Waals surface area contributed by atoms with Crippen LogP contribution in [0.2, 0.25) is 0 Å². The first kappa shape index (κ1) is 15.4. The molecule has 168 valence electrons. The van der Waals surface area contributed by atoms with Gasteiger partial charge in [0.2, 0.25) is 0 Å². The van der Waals surface area contributed by atoms with Gasteiger partial charge in [-0.05, 0) is 42.5 Å². The number of ether oxygens (including phenoxy) is 2. The lowest BCUT2D eigenvalue weighted by Gasteiger charge is -2.35. The molecule has 1 unspecified atom stereocenters. The van der Waals surface area contributed by atoms with Gasteiger partial charge in [-0.25, -0.2) is 0 Å². The molecule has 1 atom stereocenters. The lowest BCUT2D eigenvalue weighted by molar-refractivity contribution is -0.120. The van der Waals surface area contributed by atoms with Crippen molar-refractivity contribution in [3.05, 3.63) is 59.1 Å². The number of aliphatic hydroxyl groups is 1. The number of carbonyl (C=O) groups excluding carboxylic acids is 1. The largest absolute Gasteiger partial charge is 0.493 e. The van der Waals surface area contributed by atoms with E-state index in [1.54, 1.807) is 19.2 Å². The minimum Gasteiger partial charge on any atom is -0.493 e. The third kappa shape index (κ3) is 6.79. The fourth-order valence-electron chi connectivity index (χ4n) is 3.63. The van der Waals surface area contributed by atoms with Gasteiger partial charge in [-0.3, -0.25) is 14.6 Å². The smallest absolute Gasteiger partial charge is 0.161 e. The molecular weight excluding hydrogens is 392 g/mol. The fraction of sp³-hybridized carbons (Fsp3) is 0.480. The Balaban J connectivity index is 1.53. The molecule has 0 aromatic heterocycles. The maximum Gasteiger partial charge on any atom is 0.161 e. The van der Waals surface area contributed by atoms with E-state index >= 15 is 0 Å². The van der Waals surface area contributed by atoms with Gasteiger partial charge in [0.05, 0.1) is 15.0 Å². The molecule has 1 fully saturated rings. The SMILES string of the molecule is [2H]c1cc(C([2H])([2H])[2H])c(CC(=O)CN2CCN(CC(O)COc3ccccc3OC)CC2)c(C([2H])([2H])[2H])c1. The first-order chi connectivity index (χ1) is 17.8. The van der Waals surface area contributed by atoms with Gasteiger partial charge < -0.3 is 14.6 Å². The van der Waals surface area contributed by atoms with Gasteiger partial charge in [0.15, 0.2) is 17.3 Å². The summed E-state index contributed by atoms with van der Waals surface area (Å²) < 4.78 is 65.5. The second kappa shape index (κ2) is 11.3. The van der Waals surface area contributed by atoms with E-state index in [1.807, 2.05) is 17.0 Å². The molecule has 6 heteroatoms. The highest BCUT2D eigenvalue weighted by Gasteiger charge is 2.21. The van der Waals surface area contributed by atoms with Gasteiger partial charge >= 0.3 is 0 Å². The molecular formula is C25H34N2O4. The Morgan fingerprint density at radius 1 is 1.10 bits per heavy atom. The molecule has 1 saturated heterocycles. The summed E-state index contributed by atoms with van der Waals surface area (Å²) in [5.74, 6) is 0.848. The Hall–Kier alpha value is -2.41. The number of rotatable bonds is 10. The number of benzene rings is 2. The molecule has 0 radical (unpaired) electrons. The second-order valence-electron chi connectivity index (χ2n) is 7.67. The number of para-hydroxylation sites is 2.